The number of ether oxygens (including phenoxy) is 1. The summed E-state index contributed by atoms with van der Waals surface area (Å²) in [6.07, 6.45) is 1.51. The van der Waals surface area contributed by atoms with Crippen LogP contribution in [0.1, 0.15) is 22.3 Å². The zero-order valence-corrected chi connectivity index (χ0v) is 9.82. The maximum Gasteiger partial charge on any atom is 0.163 e. The molecule has 2 rings (SSSR count). The molecule has 0 aliphatic heterocycles. The molecule has 0 saturated heterocycles. The van der Waals surface area contributed by atoms with E-state index in [2.05, 4.69) is 4.90 Å². The summed E-state index contributed by atoms with van der Waals surface area (Å²) in [5, 5.41) is 0. The molecule has 3 nitrogen and oxygen atoms in total. The first kappa shape index (κ1) is 11.1. The maximum absolute atomic E-state index is 11.4. The minimum atomic E-state index is 0.259. The number of fused-ring (bicyclic) bond motifs is 1. The van der Waals surface area contributed by atoms with Gasteiger partial charge in [0.25, 0.3) is 0 Å². The van der Waals surface area contributed by atoms with Crippen molar-refractivity contribution in [3.63, 3.8) is 0 Å². The normalized spacial score (nSPS) is 14.3. The fourth-order valence-corrected chi connectivity index (χ4v) is 1.87. The molecule has 0 spiro atoms. The minimum absolute atomic E-state index is 0.259. The lowest BCUT2D eigenvalue weighted by Gasteiger charge is -2.11. The predicted octanol–water partition coefficient (Wildman–Crippen LogP) is 1.76. The number of nitrogens with zero attached hydrogens (tertiary/aromatic N) is 1. The molecular formula is C13H17NO2. The van der Waals surface area contributed by atoms with Crippen LogP contribution in [0.5, 0.6) is 5.75 Å². The Morgan fingerprint density at radius 1 is 1.31 bits per heavy atom. The summed E-state index contributed by atoms with van der Waals surface area (Å²) in [5.74, 6) is 1.13. The molecule has 0 amide bonds. The van der Waals surface area contributed by atoms with E-state index in [0.717, 1.165) is 29.8 Å². The van der Waals surface area contributed by atoms with Crippen LogP contribution in [-0.4, -0.2) is 37.9 Å². The molecule has 0 N–H and O–H groups in total. The Hall–Kier alpha value is -1.35. The summed E-state index contributed by atoms with van der Waals surface area (Å²) in [5.41, 5.74) is 2.01. The number of carbonyl (C=O) groups is 1. The van der Waals surface area contributed by atoms with Crippen LogP contribution in [-0.2, 0) is 6.42 Å². The molecule has 0 atom stereocenters. The third kappa shape index (κ3) is 2.42. The van der Waals surface area contributed by atoms with Gasteiger partial charge in [0.2, 0.25) is 0 Å². The average molecular weight is 219 g/mol. The number of Topliss-reactive ketones (excluding diaryl/α,β-unsaturated/α-hetero) is 1. The van der Waals surface area contributed by atoms with Crippen LogP contribution in [0, 0.1) is 0 Å². The quantitative estimate of drug-likeness (QED) is 0.772. The number of aryl methyl sites for hydroxylation is 1. The second kappa shape index (κ2) is 4.66. The third-order valence-electron chi connectivity index (χ3n) is 2.81. The number of ketones is 1. The molecule has 0 fully saturated rings. The molecule has 1 aliphatic carbocycles. The summed E-state index contributed by atoms with van der Waals surface area (Å²) in [6, 6.07) is 5.77. The van der Waals surface area contributed by atoms with E-state index in [1.165, 1.54) is 0 Å². The van der Waals surface area contributed by atoms with Crippen LogP contribution in [0.2, 0.25) is 0 Å². The van der Waals surface area contributed by atoms with E-state index >= 15 is 0 Å². The van der Waals surface area contributed by atoms with Gasteiger partial charge in [-0.2, -0.15) is 0 Å². The third-order valence-corrected chi connectivity index (χ3v) is 2.81. The molecule has 0 saturated carbocycles. The van der Waals surface area contributed by atoms with Crippen molar-refractivity contribution in [2.45, 2.75) is 12.8 Å². The van der Waals surface area contributed by atoms with E-state index in [9.17, 15) is 4.79 Å². The van der Waals surface area contributed by atoms with Crippen LogP contribution in [0.25, 0.3) is 0 Å². The molecule has 0 bridgehead atoms. The molecule has 0 heterocycles. The van der Waals surface area contributed by atoms with E-state index in [0.29, 0.717) is 13.0 Å². The predicted molar refractivity (Wildman–Crippen MR) is 63.1 cm³/mol. The van der Waals surface area contributed by atoms with Gasteiger partial charge in [-0.25, -0.2) is 0 Å². The average Bonchev–Trinajstić information content (AvgIpc) is 2.60. The van der Waals surface area contributed by atoms with E-state index in [1.807, 2.05) is 32.3 Å². The SMILES string of the molecule is CN(C)CCOc1ccc2c(c1)CCC2=O. The molecule has 1 aromatic carbocycles. The Morgan fingerprint density at radius 3 is 2.88 bits per heavy atom. The minimum Gasteiger partial charge on any atom is -0.492 e. The highest BCUT2D eigenvalue weighted by atomic mass is 16.5. The highest BCUT2D eigenvalue weighted by Crippen LogP contribution is 2.25. The van der Waals surface area contributed by atoms with E-state index < -0.39 is 0 Å². The lowest BCUT2D eigenvalue weighted by Crippen LogP contribution is -2.19. The zero-order chi connectivity index (χ0) is 11.5. The molecule has 3 heteroatoms. The highest BCUT2D eigenvalue weighted by molar-refractivity contribution is 6.00. The van der Waals surface area contributed by atoms with Crippen LogP contribution in [0.4, 0.5) is 0 Å². The van der Waals surface area contributed by atoms with Crippen molar-refractivity contribution in [2.75, 3.05) is 27.2 Å². The number of hydrogen-bond donors (Lipinski definition) is 0. The van der Waals surface area contributed by atoms with Gasteiger partial charge in [0, 0.05) is 18.5 Å². The standard InChI is InChI=1S/C13H17NO2/c1-14(2)7-8-16-11-4-5-12-10(9-11)3-6-13(12)15/h4-5,9H,3,6-8H2,1-2H3. The van der Waals surface area contributed by atoms with E-state index in [4.69, 9.17) is 4.74 Å². The highest BCUT2D eigenvalue weighted by Gasteiger charge is 2.19. The molecule has 16 heavy (non-hydrogen) atoms. The summed E-state index contributed by atoms with van der Waals surface area (Å²) in [6.45, 7) is 1.58. The van der Waals surface area contributed by atoms with Gasteiger partial charge >= 0.3 is 0 Å². The summed E-state index contributed by atoms with van der Waals surface area (Å²) in [4.78, 5) is 13.5. The fourth-order valence-electron chi connectivity index (χ4n) is 1.87. The zero-order valence-electron chi connectivity index (χ0n) is 9.82. The van der Waals surface area contributed by atoms with Crippen molar-refractivity contribution >= 4 is 5.78 Å². The largest absolute Gasteiger partial charge is 0.492 e. The van der Waals surface area contributed by atoms with Crippen molar-refractivity contribution in [1.82, 2.24) is 4.90 Å². The van der Waals surface area contributed by atoms with E-state index in [-0.39, 0.29) is 5.78 Å². The monoisotopic (exact) mass is 219 g/mol. The van der Waals surface area contributed by atoms with Crippen molar-refractivity contribution in [1.29, 1.82) is 0 Å². The number of hydrogen-bond acceptors (Lipinski definition) is 3. The Balaban J connectivity index is 1.99. The smallest absolute Gasteiger partial charge is 0.163 e. The Bertz CT molecular complexity index is 399. The van der Waals surface area contributed by atoms with Crippen LogP contribution in [0.15, 0.2) is 18.2 Å². The van der Waals surface area contributed by atoms with Crippen molar-refractivity contribution < 1.29 is 9.53 Å². The van der Waals surface area contributed by atoms with Crippen molar-refractivity contribution in [3.05, 3.63) is 29.3 Å². The molecule has 86 valence electrons. The molecule has 1 aliphatic rings. The lowest BCUT2D eigenvalue weighted by molar-refractivity contribution is 0.0994. The van der Waals surface area contributed by atoms with Gasteiger partial charge in [-0.15, -0.1) is 0 Å². The van der Waals surface area contributed by atoms with E-state index in [1.54, 1.807) is 0 Å². The fraction of sp³-hybridized carbons (Fsp3) is 0.462. The maximum atomic E-state index is 11.4. The number of rotatable bonds is 4. The van der Waals surface area contributed by atoms with Gasteiger partial charge in [-0.1, -0.05) is 0 Å². The number of carbonyl (C=O) groups excluding carboxylic acids is 1. The second-order valence-electron chi connectivity index (χ2n) is 4.39. The van der Waals surface area contributed by atoms with Gasteiger partial charge in [0.15, 0.2) is 5.78 Å². The molecule has 0 aromatic heterocycles. The lowest BCUT2D eigenvalue weighted by atomic mass is 10.1. The Kier molecular flexibility index (Phi) is 3.25. The van der Waals surface area contributed by atoms with Gasteiger partial charge in [-0.3, -0.25) is 4.79 Å². The second-order valence-corrected chi connectivity index (χ2v) is 4.39. The van der Waals surface area contributed by atoms with Gasteiger partial charge in [0.1, 0.15) is 12.4 Å². The first-order valence-corrected chi connectivity index (χ1v) is 5.60. The summed E-state index contributed by atoms with van der Waals surface area (Å²) in [7, 11) is 4.04. The Morgan fingerprint density at radius 2 is 2.12 bits per heavy atom. The topological polar surface area (TPSA) is 29.5 Å². The van der Waals surface area contributed by atoms with Gasteiger partial charge in [0.05, 0.1) is 0 Å². The molecular weight excluding hydrogens is 202 g/mol. The van der Waals surface area contributed by atoms with Crippen LogP contribution < -0.4 is 4.74 Å². The number of benzene rings is 1. The molecule has 1 aromatic rings. The summed E-state index contributed by atoms with van der Waals surface area (Å²) >= 11 is 0. The summed E-state index contributed by atoms with van der Waals surface area (Å²) < 4.78 is 5.62. The molecule has 0 unspecified atom stereocenters. The van der Waals surface area contributed by atoms with Gasteiger partial charge in [-0.05, 0) is 44.3 Å². The van der Waals surface area contributed by atoms with Crippen molar-refractivity contribution in [2.24, 2.45) is 0 Å². The number of likely N-dealkylation sites (N-methyl/N-ethyl adjacent to an activating group) is 1. The molecule has 0 radical (unpaired) electrons. The Labute approximate surface area is 96.0 Å². The van der Waals surface area contributed by atoms with Crippen LogP contribution >= 0.6 is 0 Å². The van der Waals surface area contributed by atoms with Crippen molar-refractivity contribution in [3.8, 4) is 5.75 Å². The van der Waals surface area contributed by atoms with Gasteiger partial charge < -0.3 is 9.64 Å². The first-order chi connectivity index (χ1) is 7.66. The first-order valence-electron chi connectivity index (χ1n) is 5.60. The van der Waals surface area contributed by atoms with Crippen LogP contribution in [0.3, 0.4) is 0 Å².